The SMILES string of the molecule is CN(CCC1CCC1)C1CNC(C)(C)C1. The summed E-state index contributed by atoms with van der Waals surface area (Å²) in [6, 6.07) is 0.764. The van der Waals surface area contributed by atoms with Gasteiger partial charge in [-0.25, -0.2) is 0 Å². The van der Waals surface area contributed by atoms with Crippen LogP contribution in [0, 0.1) is 5.92 Å². The highest BCUT2D eigenvalue weighted by Crippen LogP contribution is 2.30. The zero-order chi connectivity index (χ0) is 10.9. The highest BCUT2D eigenvalue weighted by Gasteiger charge is 2.32. The average molecular weight is 210 g/mol. The predicted molar refractivity (Wildman–Crippen MR) is 65.1 cm³/mol. The molecule has 0 aromatic rings. The summed E-state index contributed by atoms with van der Waals surface area (Å²) in [5, 5.41) is 3.60. The van der Waals surface area contributed by atoms with E-state index in [2.05, 4.69) is 31.1 Å². The van der Waals surface area contributed by atoms with E-state index in [0.717, 1.165) is 12.0 Å². The van der Waals surface area contributed by atoms with Crippen molar-refractivity contribution in [2.45, 2.75) is 57.5 Å². The maximum atomic E-state index is 3.60. The topological polar surface area (TPSA) is 15.3 Å². The Labute approximate surface area is 94.4 Å². The van der Waals surface area contributed by atoms with E-state index in [0.29, 0.717) is 5.54 Å². The molecular weight excluding hydrogens is 184 g/mol. The third kappa shape index (κ3) is 2.94. The van der Waals surface area contributed by atoms with Crippen LogP contribution in [0.2, 0.25) is 0 Å². The summed E-state index contributed by atoms with van der Waals surface area (Å²) in [7, 11) is 2.30. The second-order valence-electron chi connectivity index (χ2n) is 6.19. The van der Waals surface area contributed by atoms with Gasteiger partial charge in [0.05, 0.1) is 0 Å². The second kappa shape index (κ2) is 4.42. The molecule has 1 aliphatic heterocycles. The molecule has 0 aromatic heterocycles. The lowest BCUT2D eigenvalue weighted by molar-refractivity contribution is 0.200. The zero-order valence-electron chi connectivity index (χ0n) is 10.6. The molecule has 2 nitrogen and oxygen atoms in total. The van der Waals surface area contributed by atoms with Crippen molar-refractivity contribution in [3.8, 4) is 0 Å². The van der Waals surface area contributed by atoms with Crippen molar-refractivity contribution in [1.82, 2.24) is 10.2 Å². The molecule has 0 radical (unpaired) electrons. The lowest BCUT2D eigenvalue weighted by Crippen LogP contribution is -2.35. The van der Waals surface area contributed by atoms with Crippen LogP contribution in [0.3, 0.4) is 0 Å². The van der Waals surface area contributed by atoms with Crippen LogP contribution in [0.1, 0.15) is 46.0 Å². The molecule has 2 heteroatoms. The number of rotatable bonds is 4. The third-order valence-corrected chi connectivity index (χ3v) is 4.30. The first-order chi connectivity index (χ1) is 7.07. The van der Waals surface area contributed by atoms with Crippen LogP contribution in [-0.2, 0) is 0 Å². The van der Waals surface area contributed by atoms with Crippen molar-refractivity contribution in [2.75, 3.05) is 20.1 Å². The summed E-state index contributed by atoms with van der Waals surface area (Å²) in [4.78, 5) is 2.57. The normalized spacial score (nSPS) is 30.8. The highest BCUT2D eigenvalue weighted by atomic mass is 15.2. The molecule has 1 unspecified atom stereocenters. The Morgan fingerprint density at radius 3 is 2.53 bits per heavy atom. The highest BCUT2D eigenvalue weighted by molar-refractivity contribution is 4.93. The van der Waals surface area contributed by atoms with Crippen LogP contribution < -0.4 is 5.32 Å². The van der Waals surface area contributed by atoms with Crippen molar-refractivity contribution in [3.05, 3.63) is 0 Å². The van der Waals surface area contributed by atoms with Gasteiger partial charge in [0.2, 0.25) is 0 Å². The standard InChI is InChI=1S/C13H26N2/c1-13(2)9-12(10-14-13)15(3)8-7-11-5-4-6-11/h11-12,14H,4-10H2,1-3H3. The van der Waals surface area contributed by atoms with Gasteiger partial charge in [-0.05, 0) is 46.2 Å². The fraction of sp³-hybridized carbons (Fsp3) is 1.00. The molecule has 0 bridgehead atoms. The first-order valence-corrected chi connectivity index (χ1v) is 6.52. The van der Waals surface area contributed by atoms with E-state index in [-0.39, 0.29) is 0 Å². The number of hydrogen-bond donors (Lipinski definition) is 1. The van der Waals surface area contributed by atoms with Gasteiger partial charge >= 0.3 is 0 Å². The van der Waals surface area contributed by atoms with E-state index in [1.54, 1.807) is 0 Å². The molecule has 15 heavy (non-hydrogen) atoms. The van der Waals surface area contributed by atoms with E-state index < -0.39 is 0 Å². The van der Waals surface area contributed by atoms with Gasteiger partial charge in [-0.15, -0.1) is 0 Å². The monoisotopic (exact) mass is 210 g/mol. The van der Waals surface area contributed by atoms with Crippen LogP contribution in [0.5, 0.6) is 0 Å². The van der Waals surface area contributed by atoms with E-state index in [4.69, 9.17) is 0 Å². The van der Waals surface area contributed by atoms with Crippen LogP contribution in [0.4, 0.5) is 0 Å². The fourth-order valence-electron chi connectivity index (χ4n) is 2.79. The van der Waals surface area contributed by atoms with Crippen molar-refractivity contribution in [2.24, 2.45) is 5.92 Å². The number of nitrogens with zero attached hydrogens (tertiary/aromatic N) is 1. The molecule has 1 aliphatic carbocycles. The number of hydrogen-bond acceptors (Lipinski definition) is 2. The van der Waals surface area contributed by atoms with E-state index in [1.807, 2.05) is 0 Å². The largest absolute Gasteiger partial charge is 0.310 e. The average Bonchev–Trinajstić information content (AvgIpc) is 2.43. The van der Waals surface area contributed by atoms with E-state index in [1.165, 1.54) is 45.2 Å². The van der Waals surface area contributed by atoms with Gasteiger partial charge in [0.25, 0.3) is 0 Å². The Bertz CT molecular complexity index is 209. The van der Waals surface area contributed by atoms with Gasteiger partial charge in [-0.1, -0.05) is 19.3 Å². The summed E-state index contributed by atoms with van der Waals surface area (Å²) in [6.07, 6.45) is 7.18. The first-order valence-electron chi connectivity index (χ1n) is 6.52. The van der Waals surface area contributed by atoms with Gasteiger partial charge in [0.15, 0.2) is 0 Å². The van der Waals surface area contributed by atoms with E-state index >= 15 is 0 Å². The number of likely N-dealkylation sites (N-methyl/N-ethyl adjacent to an activating group) is 1. The molecule has 2 rings (SSSR count). The molecule has 0 aromatic carbocycles. The molecule has 0 amide bonds. The number of nitrogens with one attached hydrogen (secondary N) is 1. The van der Waals surface area contributed by atoms with Crippen molar-refractivity contribution < 1.29 is 0 Å². The van der Waals surface area contributed by atoms with Crippen molar-refractivity contribution >= 4 is 0 Å². The molecule has 88 valence electrons. The summed E-state index contributed by atoms with van der Waals surface area (Å²) >= 11 is 0. The van der Waals surface area contributed by atoms with Crippen LogP contribution in [0.25, 0.3) is 0 Å². The summed E-state index contributed by atoms with van der Waals surface area (Å²) < 4.78 is 0. The Balaban J connectivity index is 1.69. The fourth-order valence-corrected chi connectivity index (χ4v) is 2.79. The summed E-state index contributed by atoms with van der Waals surface area (Å²) in [5.41, 5.74) is 0.357. The third-order valence-electron chi connectivity index (χ3n) is 4.30. The Hall–Kier alpha value is -0.0800. The van der Waals surface area contributed by atoms with Gasteiger partial charge < -0.3 is 10.2 Å². The Kier molecular flexibility index (Phi) is 3.36. The lowest BCUT2D eigenvalue weighted by atomic mass is 9.83. The minimum Gasteiger partial charge on any atom is -0.310 e. The second-order valence-corrected chi connectivity index (χ2v) is 6.19. The summed E-state index contributed by atoms with van der Waals surface area (Å²) in [6.45, 7) is 7.10. The molecule has 1 saturated heterocycles. The Morgan fingerprint density at radius 2 is 2.07 bits per heavy atom. The maximum Gasteiger partial charge on any atom is 0.0235 e. The van der Waals surface area contributed by atoms with E-state index in [9.17, 15) is 0 Å². The lowest BCUT2D eigenvalue weighted by Gasteiger charge is -2.30. The van der Waals surface area contributed by atoms with Gasteiger partial charge in [0, 0.05) is 18.1 Å². The smallest absolute Gasteiger partial charge is 0.0235 e. The minimum absolute atomic E-state index is 0.357. The molecule has 1 N–H and O–H groups in total. The van der Waals surface area contributed by atoms with Gasteiger partial charge in [-0.2, -0.15) is 0 Å². The van der Waals surface area contributed by atoms with Gasteiger partial charge in [-0.3, -0.25) is 0 Å². The zero-order valence-corrected chi connectivity index (χ0v) is 10.6. The predicted octanol–water partition coefficient (Wildman–Crippen LogP) is 2.25. The molecular formula is C13H26N2. The quantitative estimate of drug-likeness (QED) is 0.765. The molecule has 2 fully saturated rings. The Morgan fingerprint density at radius 1 is 1.33 bits per heavy atom. The first kappa shape index (κ1) is 11.4. The van der Waals surface area contributed by atoms with Crippen LogP contribution in [0.15, 0.2) is 0 Å². The minimum atomic E-state index is 0.357. The van der Waals surface area contributed by atoms with Crippen molar-refractivity contribution in [1.29, 1.82) is 0 Å². The van der Waals surface area contributed by atoms with Gasteiger partial charge in [0.1, 0.15) is 0 Å². The van der Waals surface area contributed by atoms with Crippen molar-refractivity contribution in [3.63, 3.8) is 0 Å². The maximum absolute atomic E-state index is 3.60. The van der Waals surface area contributed by atoms with Crippen LogP contribution >= 0.6 is 0 Å². The molecule has 2 aliphatic rings. The van der Waals surface area contributed by atoms with Crippen LogP contribution in [-0.4, -0.2) is 36.6 Å². The summed E-state index contributed by atoms with van der Waals surface area (Å²) in [5.74, 6) is 1.05. The molecule has 0 spiro atoms. The molecule has 1 heterocycles. The molecule has 1 atom stereocenters. The molecule has 1 saturated carbocycles.